The maximum absolute atomic E-state index is 12.6. The lowest BCUT2D eigenvalue weighted by atomic mass is 9.83. The second kappa shape index (κ2) is 15.6. The summed E-state index contributed by atoms with van der Waals surface area (Å²) in [7, 11) is 0. The van der Waals surface area contributed by atoms with Crippen molar-refractivity contribution in [1.29, 1.82) is 0 Å². The zero-order chi connectivity index (χ0) is 30.5. The van der Waals surface area contributed by atoms with E-state index in [1.165, 1.54) is 0 Å². The van der Waals surface area contributed by atoms with Crippen molar-refractivity contribution in [2.24, 2.45) is 5.41 Å². The third kappa shape index (κ3) is 9.06. The average Bonchev–Trinajstić information content (AvgIpc) is 3.47. The second-order valence-electron chi connectivity index (χ2n) is 10.4. The summed E-state index contributed by atoms with van der Waals surface area (Å²) in [4.78, 5) is 43.3. The molecule has 5 rings (SSSR count). The number of fused-ring (bicyclic) bond motifs is 1. The molecular weight excluding hydrogens is 532 g/mol. The molecule has 42 heavy (non-hydrogen) atoms. The Labute approximate surface area is 248 Å². The number of rotatable bonds is 7. The highest BCUT2D eigenvalue weighted by atomic mass is 16.7. The molecule has 3 amide bonds. The van der Waals surface area contributed by atoms with Gasteiger partial charge in [-0.15, -0.1) is 0 Å². The molecular formula is C33H42N4O5. The molecule has 9 nitrogen and oxygen atoms in total. The molecule has 0 radical (unpaired) electrons. The van der Waals surface area contributed by atoms with Crippen molar-refractivity contribution in [3.05, 3.63) is 78.0 Å². The number of carbonyl (C=O) groups is 3. The van der Waals surface area contributed by atoms with E-state index < -0.39 is 5.41 Å². The Morgan fingerprint density at radius 3 is 2.26 bits per heavy atom. The number of amides is 3. The number of piperidine rings is 1. The normalized spacial score (nSPS) is 14.5. The van der Waals surface area contributed by atoms with Crippen LogP contribution in [0.4, 0.5) is 11.5 Å². The molecule has 0 saturated carbocycles. The monoisotopic (exact) mass is 574 g/mol. The topological polar surface area (TPSA) is 110 Å². The lowest BCUT2D eigenvalue weighted by Crippen LogP contribution is -2.48. The van der Waals surface area contributed by atoms with Crippen molar-refractivity contribution < 1.29 is 23.9 Å². The average molecular weight is 575 g/mol. The minimum atomic E-state index is -0.421. The van der Waals surface area contributed by atoms with E-state index in [-0.39, 0.29) is 30.7 Å². The molecule has 3 heterocycles. The number of carbonyl (C=O) groups excluding carboxylic acids is 3. The number of anilines is 2. The fourth-order valence-electron chi connectivity index (χ4n) is 4.73. The van der Waals surface area contributed by atoms with Crippen LogP contribution < -0.4 is 20.1 Å². The number of hydrogen-bond donors (Lipinski definition) is 2. The number of likely N-dealkylation sites (tertiary alicyclic amines) is 1. The third-order valence-corrected chi connectivity index (χ3v) is 6.86. The van der Waals surface area contributed by atoms with Crippen LogP contribution in [0.25, 0.3) is 0 Å². The van der Waals surface area contributed by atoms with Crippen molar-refractivity contribution >= 4 is 29.2 Å². The SMILES string of the molecule is CC.CCc1ccc(NC(=O)CN2CCCC(C)(C)C2=O)cc1CC(=O)Nc1ccccn1.c1ccc2c(c1)OCO2. The first-order valence-electron chi connectivity index (χ1n) is 14.5. The van der Waals surface area contributed by atoms with Gasteiger partial charge in [-0.3, -0.25) is 14.4 Å². The number of nitrogens with one attached hydrogen (secondary N) is 2. The number of aromatic nitrogens is 1. The van der Waals surface area contributed by atoms with E-state index >= 15 is 0 Å². The van der Waals surface area contributed by atoms with Crippen LogP contribution in [0.3, 0.4) is 0 Å². The highest BCUT2D eigenvalue weighted by Crippen LogP contribution is 2.31. The van der Waals surface area contributed by atoms with Gasteiger partial charge in [-0.1, -0.05) is 58.9 Å². The predicted molar refractivity (Wildman–Crippen MR) is 165 cm³/mol. The van der Waals surface area contributed by atoms with Crippen molar-refractivity contribution in [2.75, 3.05) is 30.5 Å². The van der Waals surface area contributed by atoms with Crippen LogP contribution in [0, 0.1) is 5.41 Å². The predicted octanol–water partition coefficient (Wildman–Crippen LogP) is 5.85. The van der Waals surface area contributed by atoms with Crippen LogP contribution in [-0.2, 0) is 27.2 Å². The minimum absolute atomic E-state index is 0.0158. The van der Waals surface area contributed by atoms with E-state index in [2.05, 4.69) is 15.6 Å². The van der Waals surface area contributed by atoms with Crippen LogP contribution in [0.15, 0.2) is 66.9 Å². The summed E-state index contributed by atoms with van der Waals surface area (Å²) in [6.07, 6.45) is 4.32. The smallest absolute Gasteiger partial charge is 0.243 e. The summed E-state index contributed by atoms with van der Waals surface area (Å²) in [5.41, 5.74) is 2.09. The Kier molecular flexibility index (Phi) is 11.9. The van der Waals surface area contributed by atoms with Crippen LogP contribution in [-0.4, -0.2) is 47.5 Å². The minimum Gasteiger partial charge on any atom is -0.454 e. The van der Waals surface area contributed by atoms with Gasteiger partial charge in [0.05, 0.1) is 13.0 Å². The molecule has 1 fully saturated rings. The van der Waals surface area contributed by atoms with E-state index in [0.717, 1.165) is 41.9 Å². The number of pyridine rings is 1. The molecule has 2 N–H and O–H groups in total. The highest BCUT2D eigenvalue weighted by molar-refractivity contribution is 5.96. The number of para-hydroxylation sites is 2. The fraction of sp³-hybridized carbons (Fsp3) is 0.394. The van der Waals surface area contributed by atoms with Crippen LogP contribution in [0.2, 0.25) is 0 Å². The van der Waals surface area contributed by atoms with Gasteiger partial charge in [0.2, 0.25) is 24.5 Å². The van der Waals surface area contributed by atoms with Gasteiger partial charge in [-0.2, -0.15) is 0 Å². The molecule has 2 aliphatic heterocycles. The first kappa shape index (κ1) is 32.1. The molecule has 224 valence electrons. The number of ether oxygens (including phenoxy) is 2. The Hall–Kier alpha value is -4.40. The molecule has 1 saturated heterocycles. The molecule has 0 unspecified atom stereocenters. The molecule has 0 bridgehead atoms. The Morgan fingerprint density at radius 2 is 1.62 bits per heavy atom. The molecule has 2 aromatic carbocycles. The van der Waals surface area contributed by atoms with Gasteiger partial charge < -0.3 is 25.0 Å². The first-order valence-corrected chi connectivity index (χ1v) is 14.5. The van der Waals surface area contributed by atoms with Crippen molar-refractivity contribution in [1.82, 2.24) is 9.88 Å². The summed E-state index contributed by atoms with van der Waals surface area (Å²) >= 11 is 0. The van der Waals surface area contributed by atoms with E-state index in [9.17, 15) is 14.4 Å². The molecule has 1 aromatic heterocycles. The van der Waals surface area contributed by atoms with Gasteiger partial charge in [0.15, 0.2) is 11.5 Å². The highest BCUT2D eigenvalue weighted by Gasteiger charge is 2.36. The summed E-state index contributed by atoms with van der Waals surface area (Å²) in [5.74, 6) is 1.80. The molecule has 0 atom stereocenters. The third-order valence-electron chi connectivity index (χ3n) is 6.86. The van der Waals surface area contributed by atoms with Crippen molar-refractivity contribution in [2.45, 2.75) is 60.3 Å². The van der Waals surface area contributed by atoms with Crippen LogP contribution in [0.1, 0.15) is 58.6 Å². The number of hydrogen-bond acceptors (Lipinski definition) is 6. The van der Waals surface area contributed by atoms with E-state index in [1.807, 2.05) is 83.1 Å². The Balaban J connectivity index is 0.000000366. The molecule has 9 heteroatoms. The fourth-order valence-corrected chi connectivity index (χ4v) is 4.73. The Morgan fingerprint density at radius 1 is 0.929 bits per heavy atom. The molecule has 0 spiro atoms. The van der Waals surface area contributed by atoms with Gasteiger partial charge in [0.25, 0.3) is 0 Å². The summed E-state index contributed by atoms with van der Waals surface area (Å²) in [5, 5.41) is 5.66. The van der Waals surface area contributed by atoms with Crippen molar-refractivity contribution in [3.63, 3.8) is 0 Å². The van der Waals surface area contributed by atoms with Gasteiger partial charge in [-0.05, 0) is 66.8 Å². The lowest BCUT2D eigenvalue weighted by Gasteiger charge is -2.36. The standard InChI is InChI=1S/C24H30N4O3.C7H6O2.C2H6/c1-4-17-9-10-19(14-18(17)15-21(29)27-20-8-5-6-12-25-20)26-22(30)16-28-13-7-11-24(2,3)23(28)31;1-2-4-7-6(3-1)8-5-9-7;1-2/h5-6,8-10,12,14H,4,7,11,13,15-16H2,1-3H3,(H,26,30)(H,25,27,29);1-4H,5H2;1-2H3. The second-order valence-corrected chi connectivity index (χ2v) is 10.4. The number of benzene rings is 2. The summed E-state index contributed by atoms with van der Waals surface area (Å²) in [6.45, 7) is 10.9. The van der Waals surface area contributed by atoms with Gasteiger partial charge >= 0.3 is 0 Å². The van der Waals surface area contributed by atoms with Crippen molar-refractivity contribution in [3.8, 4) is 11.5 Å². The van der Waals surface area contributed by atoms with Gasteiger partial charge in [0.1, 0.15) is 5.82 Å². The summed E-state index contributed by atoms with van der Waals surface area (Å²) in [6, 6.07) is 18.5. The Bertz CT molecular complexity index is 1320. The zero-order valence-electron chi connectivity index (χ0n) is 25.2. The van der Waals surface area contributed by atoms with Crippen LogP contribution >= 0.6 is 0 Å². The maximum Gasteiger partial charge on any atom is 0.243 e. The quantitative estimate of drug-likeness (QED) is 0.366. The summed E-state index contributed by atoms with van der Waals surface area (Å²) < 4.78 is 10.2. The van der Waals surface area contributed by atoms with Crippen LogP contribution in [0.5, 0.6) is 11.5 Å². The zero-order valence-corrected chi connectivity index (χ0v) is 25.2. The largest absolute Gasteiger partial charge is 0.454 e. The number of nitrogens with zero attached hydrogens (tertiary/aromatic N) is 2. The lowest BCUT2D eigenvalue weighted by molar-refractivity contribution is -0.146. The molecule has 2 aliphatic rings. The van der Waals surface area contributed by atoms with Gasteiger partial charge in [0, 0.05) is 23.8 Å². The van der Waals surface area contributed by atoms with E-state index in [4.69, 9.17) is 9.47 Å². The number of aryl methyl sites for hydroxylation is 1. The maximum atomic E-state index is 12.6. The van der Waals surface area contributed by atoms with E-state index in [1.54, 1.807) is 23.2 Å². The molecule has 3 aromatic rings. The van der Waals surface area contributed by atoms with Gasteiger partial charge in [-0.25, -0.2) is 4.98 Å². The van der Waals surface area contributed by atoms with E-state index in [0.29, 0.717) is 24.8 Å². The first-order chi connectivity index (χ1) is 20.2. The molecule has 0 aliphatic carbocycles.